The van der Waals surface area contributed by atoms with E-state index in [1.165, 1.54) is 0 Å². The molecule has 0 spiro atoms. The number of halogens is 2. The van der Waals surface area contributed by atoms with Gasteiger partial charge in [0.1, 0.15) is 5.75 Å². The van der Waals surface area contributed by atoms with Crippen molar-refractivity contribution in [3.63, 3.8) is 0 Å². The van der Waals surface area contributed by atoms with Gasteiger partial charge in [-0.25, -0.2) is 8.42 Å². The lowest BCUT2D eigenvalue weighted by Crippen LogP contribution is -2.31. The van der Waals surface area contributed by atoms with E-state index in [9.17, 15) is 13.5 Å². The van der Waals surface area contributed by atoms with Crippen LogP contribution in [0.2, 0.25) is 0 Å². The fourth-order valence-corrected chi connectivity index (χ4v) is 6.48. The number of aromatic hydroxyl groups is 1. The van der Waals surface area contributed by atoms with E-state index in [1.807, 2.05) is 13.0 Å². The maximum atomic E-state index is 12.7. The Morgan fingerprint density at radius 1 is 1.06 bits per heavy atom. The molecule has 4 rings (SSSR count). The molecule has 0 bridgehead atoms. The second-order valence-corrected chi connectivity index (χ2v) is 11.5. The molecule has 0 aliphatic carbocycles. The Hall–Kier alpha value is -1.87. The van der Waals surface area contributed by atoms with Crippen molar-refractivity contribution in [2.45, 2.75) is 31.6 Å². The third-order valence-electron chi connectivity index (χ3n) is 5.66. The van der Waals surface area contributed by atoms with Crippen molar-refractivity contribution < 1.29 is 13.5 Å². The summed E-state index contributed by atoms with van der Waals surface area (Å²) in [7, 11) is -3.67. The third kappa shape index (κ3) is 5.36. The lowest BCUT2D eigenvalue weighted by molar-refractivity contribution is 0.469. The summed E-state index contributed by atoms with van der Waals surface area (Å²) in [5.41, 5.74) is 5.22. The quantitative estimate of drug-likeness (QED) is 0.332. The van der Waals surface area contributed by atoms with Crippen LogP contribution in [0.25, 0.3) is 0 Å². The van der Waals surface area contributed by atoms with Gasteiger partial charge in [-0.1, -0.05) is 62.2 Å². The first kappa shape index (κ1) is 23.3. The highest BCUT2D eigenvalue weighted by atomic mass is 79.9. The first-order valence-corrected chi connectivity index (χ1v) is 13.5. The van der Waals surface area contributed by atoms with E-state index in [0.29, 0.717) is 5.56 Å². The van der Waals surface area contributed by atoms with Crippen LogP contribution in [0.3, 0.4) is 0 Å². The monoisotopic (exact) mass is 578 g/mol. The molecule has 1 atom stereocenters. The Morgan fingerprint density at radius 2 is 1.75 bits per heavy atom. The molecule has 0 fully saturated rings. The summed E-state index contributed by atoms with van der Waals surface area (Å²) in [6.45, 7) is 2.84. The molecule has 1 heterocycles. The van der Waals surface area contributed by atoms with Crippen LogP contribution in [0.1, 0.15) is 33.9 Å². The minimum Gasteiger partial charge on any atom is -0.506 e. The van der Waals surface area contributed by atoms with Crippen LogP contribution in [0.4, 0.5) is 5.69 Å². The molecule has 1 unspecified atom stereocenters. The third-order valence-corrected chi connectivity index (χ3v) is 8.56. The van der Waals surface area contributed by atoms with Crippen molar-refractivity contribution in [2.75, 3.05) is 11.3 Å². The highest BCUT2D eigenvalue weighted by Crippen LogP contribution is 2.36. The van der Waals surface area contributed by atoms with Crippen molar-refractivity contribution in [2.24, 2.45) is 0 Å². The number of hydrogen-bond acceptors (Lipinski definition) is 4. The number of phenolic OH excluding ortho intramolecular Hbond substituents is 1. The van der Waals surface area contributed by atoms with Gasteiger partial charge in [0.15, 0.2) is 0 Å². The Kier molecular flexibility index (Phi) is 6.95. The number of fused-ring (bicyclic) bond motifs is 1. The minimum atomic E-state index is -3.67. The molecule has 168 valence electrons. The van der Waals surface area contributed by atoms with Crippen LogP contribution in [-0.4, -0.2) is 20.1 Å². The van der Waals surface area contributed by atoms with Crippen LogP contribution < -0.4 is 10.0 Å². The molecule has 0 radical (unpaired) electrons. The van der Waals surface area contributed by atoms with Gasteiger partial charge in [0.05, 0.1) is 11.4 Å². The SMILES string of the molecule is Cc1c(Br)cc(CC2NCCc3cc(O)c(NS(=O)(=O)Cc4ccccc4)cc32)cc1Br. The van der Waals surface area contributed by atoms with E-state index in [1.54, 1.807) is 36.4 Å². The molecular formula is C24H24Br2N2O3S. The van der Waals surface area contributed by atoms with Gasteiger partial charge < -0.3 is 10.4 Å². The maximum Gasteiger partial charge on any atom is 0.237 e. The molecule has 32 heavy (non-hydrogen) atoms. The summed E-state index contributed by atoms with van der Waals surface area (Å²) in [6, 6.07) is 16.7. The first-order valence-electron chi connectivity index (χ1n) is 10.3. The van der Waals surface area contributed by atoms with Crippen LogP contribution in [0, 0.1) is 6.92 Å². The van der Waals surface area contributed by atoms with E-state index in [0.717, 1.165) is 50.6 Å². The number of anilines is 1. The normalized spacial score (nSPS) is 15.9. The number of hydrogen-bond donors (Lipinski definition) is 3. The predicted octanol–water partition coefficient (Wildman–Crippen LogP) is 5.60. The van der Waals surface area contributed by atoms with E-state index in [2.05, 4.69) is 54.0 Å². The second kappa shape index (κ2) is 9.55. The van der Waals surface area contributed by atoms with Gasteiger partial charge in [0.2, 0.25) is 10.0 Å². The Morgan fingerprint density at radius 3 is 2.44 bits per heavy atom. The summed E-state index contributed by atoms with van der Waals surface area (Å²) in [5.74, 6) is -0.209. The van der Waals surface area contributed by atoms with Crippen LogP contribution in [0.15, 0.2) is 63.5 Å². The molecule has 0 amide bonds. The number of rotatable bonds is 6. The maximum absolute atomic E-state index is 12.7. The van der Waals surface area contributed by atoms with Crippen molar-refractivity contribution >= 4 is 47.6 Å². The van der Waals surface area contributed by atoms with Gasteiger partial charge in [0, 0.05) is 15.0 Å². The average molecular weight is 580 g/mol. The molecule has 0 saturated heterocycles. The van der Waals surface area contributed by atoms with E-state index < -0.39 is 10.0 Å². The van der Waals surface area contributed by atoms with Gasteiger partial charge in [-0.2, -0.15) is 0 Å². The van der Waals surface area contributed by atoms with Gasteiger partial charge >= 0.3 is 0 Å². The molecule has 0 saturated carbocycles. The topological polar surface area (TPSA) is 78.4 Å². The highest BCUT2D eigenvalue weighted by molar-refractivity contribution is 9.11. The van der Waals surface area contributed by atoms with Gasteiger partial charge in [-0.15, -0.1) is 0 Å². The Bertz CT molecular complexity index is 1220. The molecule has 1 aliphatic heterocycles. The summed E-state index contributed by atoms with van der Waals surface area (Å²) in [5, 5.41) is 14.1. The molecule has 5 nitrogen and oxygen atoms in total. The molecule has 3 N–H and O–H groups in total. The molecule has 0 aromatic heterocycles. The fraction of sp³-hybridized carbons (Fsp3) is 0.250. The summed E-state index contributed by atoms with van der Waals surface area (Å²) < 4.78 is 30.1. The van der Waals surface area contributed by atoms with Gasteiger partial charge in [-0.3, -0.25) is 4.72 Å². The molecule has 3 aromatic rings. The predicted molar refractivity (Wildman–Crippen MR) is 136 cm³/mol. The first-order chi connectivity index (χ1) is 15.2. The Balaban J connectivity index is 1.61. The van der Waals surface area contributed by atoms with Crippen LogP contribution in [0.5, 0.6) is 5.75 Å². The van der Waals surface area contributed by atoms with E-state index in [-0.39, 0.29) is 23.2 Å². The van der Waals surface area contributed by atoms with Crippen molar-refractivity contribution in [3.8, 4) is 5.75 Å². The van der Waals surface area contributed by atoms with E-state index in [4.69, 9.17) is 0 Å². The number of nitrogens with one attached hydrogen (secondary N) is 2. The van der Waals surface area contributed by atoms with Gasteiger partial charge in [-0.05, 0) is 78.4 Å². The lowest BCUT2D eigenvalue weighted by Gasteiger charge is -2.28. The highest BCUT2D eigenvalue weighted by Gasteiger charge is 2.24. The van der Waals surface area contributed by atoms with Crippen LogP contribution in [-0.2, 0) is 28.6 Å². The minimum absolute atomic E-state index is 0.0123. The zero-order valence-corrected chi connectivity index (χ0v) is 21.5. The number of benzene rings is 3. The zero-order chi connectivity index (χ0) is 22.9. The molecular weight excluding hydrogens is 556 g/mol. The smallest absolute Gasteiger partial charge is 0.237 e. The summed E-state index contributed by atoms with van der Waals surface area (Å²) >= 11 is 7.23. The van der Waals surface area contributed by atoms with Crippen molar-refractivity contribution in [1.82, 2.24) is 5.32 Å². The Labute approximate surface area is 205 Å². The summed E-state index contributed by atoms with van der Waals surface area (Å²) in [4.78, 5) is 0. The molecule has 1 aliphatic rings. The number of phenols is 1. The van der Waals surface area contributed by atoms with Crippen molar-refractivity contribution in [1.29, 1.82) is 0 Å². The summed E-state index contributed by atoms with van der Waals surface area (Å²) in [6.07, 6.45) is 1.52. The second-order valence-electron chi connectivity index (χ2n) is 8.06. The molecule has 3 aromatic carbocycles. The van der Waals surface area contributed by atoms with E-state index >= 15 is 0 Å². The van der Waals surface area contributed by atoms with Crippen LogP contribution >= 0.6 is 31.9 Å². The lowest BCUT2D eigenvalue weighted by atomic mass is 9.89. The largest absolute Gasteiger partial charge is 0.506 e. The van der Waals surface area contributed by atoms with Gasteiger partial charge in [0.25, 0.3) is 0 Å². The van der Waals surface area contributed by atoms with Crippen molar-refractivity contribution in [3.05, 3.63) is 91.4 Å². The zero-order valence-electron chi connectivity index (χ0n) is 17.5. The fourth-order valence-electron chi connectivity index (χ4n) is 3.99. The standard InChI is InChI=1S/C24H24Br2N2O3S/c1-15-20(25)9-17(10-21(15)26)11-22-19-13-23(24(29)12-18(19)7-8-27-22)28-32(30,31)14-16-5-3-2-4-6-16/h2-6,9-10,12-13,22,27-29H,7-8,11,14H2,1H3. The number of sulfonamides is 1. The average Bonchev–Trinajstić information content (AvgIpc) is 2.73. The molecule has 8 heteroatoms.